The first-order valence-corrected chi connectivity index (χ1v) is 7.58. The van der Waals surface area contributed by atoms with Gasteiger partial charge in [0.2, 0.25) is 0 Å². The molecule has 0 spiro atoms. The van der Waals surface area contributed by atoms with Crippen molar-refractivity contribution in [2.45, 2.75) is 19.4 Å². The Balaban J connectivity index is 4.01. The van der Waals surface area contributed by atoms with Crippen LogP contribution < -0.4 is 10.4 Å². The predicted molar refractivity (Wildman–Crippen MR) is 62.2 cm³/mol. The highest BCUT2D eigenvalue weighted by molar-refractivity contribution is 7.60. The normalized spacial score (nSPS) is 13.4. The van der Waals surface area contributed by atoms with E-state index < -0.39 is 19.3 Å². The second kappa shape index (κ2) is 6.78. The molecule has 94 valence electrons. The van der Waals surface area contributed by atoms with Gasteiger partial charge in [-0.2, -0.15) is 0 Å². The minimum absolute atomic E-state index is 0.000531. The van der Waals surface area contributed by atoms with Gasteiger partial charge in [-0.25, -0.2) is 0 Å². The predicted octanol–water partition coefficient (Wildman–Crippen LogP) is 0.136. The van der Waals surface area contributed by atoms with Crippen molar-refractivity contribution in [2.75, 3.05) is 26.4 Å². The quantitative estimate of drug-likeness (QED) is 0.419. The van der Waals surface area contributed by atoms with Crippen LogP contribution in [0.3, 0.4) is 0 Å². The molecule has 1 atom stereocenters. The largest absolute Gasteiger partial charge is 0.481 e. The average Bonchev–Trinajstić information content (AvgIpc) is 2.07. The van der Waals surface area contributed by atoms with Gasteiger partial charge in [-0.05, 0) is 6.92 Å². The van der Waals surface area contributed by atoms with Gasteiger partial charge in [-0.1, -0.05) is 0 Å². The lowest BCUT2D eigenvalue weighted by molar-refractivity contribution is -0.136. The Bertz CT molecular complexity index is 300. The molecule has 0 aliphatic heterocycles. The van der Waals surface area contributed by atoms with Crippen molar-refractivity contribution in [1.82, 2.24) is 10.4 Å². The number of carboxylic acids is 1. The summed E-state index contributed by atoms with van der Waals surface area (Å²) in [5.74, 6) is -1.01. The molecule has 0 aromatic carbocycles. The van der Waals surface area contributed by atoms with Crippen molar-refractivity contribution in [2.24, 2.45) is 0 Å². The molecule has 0 aromatic rings. The van der Waals surface area contributed by atoms with Crippen molar-refractivity contribution >= 4 is 19.0 Å². The van der Waals surface area contributed by atoms with Gasteiger partial charge in [0.05, 0.1) is 12.5 Å². The highest BCUT2D eigenvalue weighted by atomic mass is 31.2. The molecule has 0 saturated heterocycles. The van der Waals surface area contributed by atoms with E-state index in [1.165, 1.54) is 6.92 Å². The first-order valence-electron chi connectivity index (χ1n) is 4.98. The van der Waals surface area contributed by atoms with E-state index in [4.69, 9.17) is 5.11 Å². The van der Waals surface area contributed by atoms with Crippen LogP contribution in [-0.4, -0.2) is 49.3 Å². The number of carbonyl (C=O) groups is 2. The Morgan fingerprint density at radius 3 is 2.31 bits per heavy atom. The summed E-state index contributed by atoms with van der Waals surface area (Å²) in [6.07, 6.45) is 0.000531. The van der Waals surface area contributed by atoms with Crippen LogP contribution in [0.5, 0.6) is 0 Å². The van der Waals surface area contributed by atoms with Crippen LogP contribution in [0.1, 0.15) is 13.3 Å². The molecule has 0 saturated carbocycles. The standard InChI is InChI=1S/C9H19N2O4P/c1-7(12)8(11-16(2,3)15)6-10-5-4-9(13)14/h8,10H,4-6H2,1-3H3,(H,11,15)(H,13,14). The molecule has 0 aromatic heterocycles. The molecule has 0 amide bonds. The van der Waals surface area contributed by atoms with E-state index in [9.17, 15) is 14.2 Å². The van der Waals surface area contributed by atoms with Gasteiger partial charge in [0.1, 0.15) is 13.1 Å². The lowest BCUT2D eigenvalue weighted by Crippen LogP contribution is -2.42. The van der Waals surface area contributed by atoms with Crippen molar-refractivity contribution in [3.05, 3.63) is 0 Å². The number of ketones is 1. The SMILES string of the molecule is CC(=O)C(CNCCC(=O)O)NP(C)(C)=O. The lowest BCUT2D eigenvalue weighted by Gasteiger charge is -2.19. The van der Waals surface area contributed by atoms with E-state index in [2.05, 4.69) is 10.4 Å². The monoisotopic (exact) mass is 250 g/mol. The molecule has 0 rings (SSSR count). The van der Waals surface area contributed by atoms with Crippen molar-refractivity contribution < 1.29 is 19.3 Å². The van der Waals surface area contributed by atoms with E-state index in [1.54, 1.807) is 13.3 Å². The molecule has 7 heteroatoms. The third-order valence-corrected chi connectivity index (χ3v) is 2.76. The lowest BCUT2D eigenvalue weighted by atomic mass is 10.2. The third-order valence-electron chi connectivity index (χ3n) is 1.82. The van der Waals surface area contributed by atoms with Gasteiger partial charge in [0.15, 0.2) is 0 Å². The number of Topliss-reactive ketones (excluding diaryl/α,β-unsaturated/α-hetero) is 1. The topological polar surface area (TPSA) is 95.5 Å². The van der Waals surface area contributed by atoms with E-state index in [0.717, 1.165) is 0 Å². The van der Waals surface area contributed by atoms with Gasteiger partial charge in [-0.3, -0.25) is 14.7 Å². The number of carboxylic acid groups (broad SMARTS) is 1. The van der Waals surface area contributed by atoms with Crippen LogP contribution in [0.25, 0.3) is 0 Å². The van der Waals surface area contributed by atoms with Crippen LogP contribution in [-0.2, 0) is 14.2 Å². The molecule has 0 bridgehead atoms. The molecule has 3 N–H and O–H groups in total. The minimum Gasteiger partial charge on any atom is -0.481 e. The van der Waals surface area contributed by atoms with Gasteiger partial charge in [-0.15, -0.1) is 0 Å². The van der Waals surface area contributed by atoms with E-state index in [0.29, 0.717) is 6.54 Å². The summed E-state index contributed by atoms with van der Waals surface area (Å²) in [5.41, 5.74) is 0. The first-order chi connectivity index (χ1) is 7.22. The zero-order valence-electron chi connectivity index (χ0n) is 9.82. The maximum Gasteiger partial charge on any atom is 0.304 e. The van der Waals surface area contributed by atoms with E-state index in [-0.39, 0.29) is 18.7 Å². The first kappa shape index (κ1) is 15.3. The fourth-order valence-corrected chi connectivity index (χ4v) is 2.12. The van der Waals surface area contributed by atoms with Crippen LogP contribution in [0.15, 0.2) is 0 Å². The molecule has 0 aliphatic carbocycles. The van der Waals surface area contributed by atoms with Gasteiger partial charge in [0, 0.05) is 26.4 Å². The fraction of sp³-hybridized carbons (Fsp3) is 0.778. The molecule has 1 unspecified atom stereocenters. The summed E-state index contributed by atoms with van der Waals surface area (Å²) in [6.45, 7) is 5.07. The van der Waals surface area contributed by atoms with Gasteiger partial charge >= 0.3 is 5.97 Å². The average molecular weight is 250 g/mol. The van der Waals surface area contributed by atoms with Crippen molar-refractivity contribution in [3.63, 3.8) is 0 Å². The minimum atomic E-state index is -2.47. The third kappa shape index (κ3) is 8.59. The molecule has 0 aliphatic rings. The Kier molecular flexibility index (Phi) is 6.48. The summed E-state index contributed by atoms with van der Waals surface area (Å²) in [4.78, 5) is 21.4. The van der Waals surface area contributed by atoms with Crippen LogP contribution >= 0.6 is 7.29 Å². The number of aliphatic carboxylic acids is 1. The van der Waals surface area contributed by atoms with Crippen molar-refractivity contribution in [1.29, 1.82) is 0 Å². The Morgan fingerprint density at radius 2 is 1.94 bits per heavy atom. The zero-order valence-corrected chi connectivity index (χ0v) is 10.7. The van der Waals surface area contributed by atoms with Crippen LogP contribution in [0.2, 0.25) is 0 Å². The van der Waals surface area contributed by atoms with Crippen LogP contribution in [0.4, 0.5) is 0 Å². The highest BCUT2D eigenvalue weighted by Crippen LogP contribution is 2.30. The smallest absolute Gasteiger partial charge is 0.304 e. The molecule has 6 nitrogen and oxygen atoms in total. The van der Waals surface area contributed by atoms with Gasteiger partial charge in [0.25, 0.3) is 0 Å². The summed E-state index contributed by atoms with van der Waals surface area (Å²) in [5, 5.41) is 14.0. The molecular formula is C9H19N2O4P. The number of nitrogens with one attached hydrogen (secondary N) is 2. The fourth-order valence-electron chi connectivity index (χ4n) is 1.10. The second-order valence-corrected chi connectivity index (χ2v) is 6.95. The zero-order chi connectivity index (χ0) is 12.8. The number of hydrogen-bond acceptors (Lipinski definition) is 4. The van der Waals surface area contributed by atoms with Gasteiger partial charge < -0.3 is 15.0 Å². The van der Waals surface area contributed by atoms with Crippen molar-refractivity contribution in [3.8, 4) is 0 Å². The summed E-state index contributed by atoms with van der Waals surface area (Å²) in [6, 6.07) is -0.533. The second-order valence-electron chi connectivity index (χ2n) is 3.99. The Hall–Kier alpha value is -0.710. The summed E-state index contributed by atoms with van der Waals surface area (Å²) in [7, 11) is -2.47. The summed E-state index contributed by atoms with van der Waals surface area (Å²) >= 11 is 0. The molecule has 0 radical (unpaired) electrons. The van der Waals surface area contributed by atoms with Crippen LogP contribution in [0, 0.1) is 0 Å². The molecule has 0 heterocycles. The molecular weight excluding hydrogens is 231 g/mol. The summed E-state index contributed by atoms with van der Waals surface area (Å²) < 4.78 is 11.5. The van der Waals surface area contributed by atoms with E-state index >= 15 is 0 Å². The van der Waals surface area contributed by atoms with E-state index in [1.807, 2.05) is 0 Å². The Labute approximate surface area is 95.2 Å². The number of rotatable bonds is 8. The number of hydrogen-bond donors (Lipinski definition) is 3. The Morgan fingerprint density at radius 1 is 1.38 bits per heavy atom. The molecule has 16 heavy (non-hydrogen) atoms. The maximum absolute atomic E-state index is 11.5. The number of carbonyl (C=O) groups excluding carboxylic acids is 1. The maximum atomic E-state index is 11.5. The molecule has 0 fully saturated rings. The highest BCUT2D eigenvalue weighted by Gasteiger charge is 2.19.